The van der Waals surface area contributed by atoms with Gasteiger partial charge in [-0.1, -0.05) is 39.7 Å². The molecule has 0 bridgehead atoms. The third kappa shape index (κ3) is 4.38. The molecule has 0 heterocycles. The fourth-order valence-corrected chi connectivity index (χ4v) is 2.42. The third-order valence-electron chi connectivity index (χ3n) is 2.98. The van der Waals surface area contributed by atoms with Gasteiger partial charge in [0.25, 0.3) is 0 Å². The number of hydrogen-bond acceptors (Lipinski definition) is 1. The van der Waals surface area contributed by atoms with Crippen molar-refractivity contribution in [3.8, 4) is 0 Å². The Morgan fingerprint density at radius 3 is 2.29 bits per heavy atom. The van der Waals surface area contributed by atoms with E-state index < -0.39 is 11.7 Å². The standard InChI is InChI=1S/C15H12BrClF3N/c1-9(10-2-4-12(16)5-3-10)21-14-7-11(15(18,19)20)6-13(17)8-14/h2-9,21H,1H3. The van der Waals surface area contributed by atoms with E-state index in [1.54, 1.807) is 0 Å². The van der Waals surface area contributed by atoms with Gasteiger partial charge >= 0.3 is 6.18 Å². The molecule has 21 heavy (non-hydrogen) atoms. The van der Waals surface area contributed by atoms with Gasteiger partial charge in [0.05, 0.1) is 5.56 Å². The summed E-state index contributed by atoms with van der Waals surface area (Å²) in [6, 6.07) is 10.9. The van der Waals surface area contributed by atoms with Crippen molar-refractivity contribution in [1.82, 2.24) is 0 Å². The van der Waals surface area contributed by atoms with E-state index in [0.717, 1.165) is 22.2 Å². The number of nitrogens with one attached hydrogen (secondary N) is 1. The van der Waals surface area contributed by atoms with E-state index in [1.807, 2.05) is 31.2 Å². The molecule has 0 saturated carbocycles. The van der Waals surface area contributed by atoms with Gasteiger partial charge in [-0.15, -0.1) is 0 Å². The van der Waals surface area contributed by atoms with Crippen LogP contribution < -0.4 is 5.32 Å². The average Bonchev–Trinajstić information content (AvgIpc) is 2.37. The molecule has 0 amide bonds. The number of rotatable bonds is 3. The smallest absolute Gasteiger partial charge is 0.378 e. The summed E-state index contributed by atoms with van der Waals surface area (Å²) >= 11 is 9.10. The first kappa shape index (κ1) is 16.2. The molecule has 0 aliphatic rings. The quantitative estimate of drug-likeness (QED) is 0.661. The molecular formula is C15H12BrClF3N. The molecule has 0 radical (unpaired) electrons. The molecule has 0 aliphatic carbocycles. The minimum absolute atomic E-state index is 0.0512. The van der Waals surface area contributed by atoms with Crippen LogP contribution in [0.2, 0.25) is 5.02 Å². The van der Waals surface area contributed by atoms with Crippen LogP contribution in [-0.4, -0.2) is 0 Å². The van der Waals surface area contributed by atoms with E-state index >= 15 is 0 Å². The predicted octanol–water partition coefficient (Wildman–Crippen LogP) is 6.29. The first-order valence-electron chi connectivity index (χ1n) is 6.15. The SMILES string of the molecule is CC(Nc1cc(Cl)cc(C(F)(F)F)c1)c1ccc(Br)cc1. The lowest BCUT2D eigenvalue weighted by molar-refractivity contribution is -0.137. The minimum atomic E-state index is -4.41. The van der Waals surface area contributed by atoms with Gasteiger partial charge < -0.3 is 5.32 Å². The fraction of sp³-hybridized carbons (Fsp3) is 0.200. The first-order chi connectivity index (χ1) is 9.75. The Morgan fingerprint density at radius 2 is 1.71 bits per heavy atom. The molecule has 2 aromatic carbocycles. The number of benzene rings is 2. The van der Waals surface area contributed by atoms with Gasteiger partial charge in [0, 0.05) is 21.2 Å². The van der Waals surface area contributed by atoms with Crippen molar-refractivity contribution >= 4 is 33.2 Å². The van der Waals surface area contributed by atoms with Gasteiger partial charge in [0.2, 0.25) is 0 Å². The van der Waals surface area contributed by atoms with E-state index in [4.69, 9.17) is 11.6 Å². The van der Waals surface area contributed by atoms with E-state index in [2.05, 4.69) is 21.2 Å². The van der Waals surface area contributed by atoms with Gasteiger partial charge in [-0.2, -0.15) is 13.2 Å². The maximum Gasteiger partial charge on any atom is 0.416 e. The van der Waals surface area contributed by atoms with E-state index in [-0.39, 0.29) is 11.1 Å². The van der Waals surface area contributed by atoms with Crippen molar-refractivity contribution in [1.29, 1.82) is 0 Å². The molecule has 0 fully saturated rings. The maximum absolute atomic E-state index is 12.8. The highest BCUT2D eigenvalue weighted by Crippen LogP contribution is 2.34. The van der Waals surface area contributed by atoms with Crippen molar-refractivity contribution in [3.05, 3.63) is 63.1 Å². The largest absolute Gasteiger partial charge is 0.416 e. The molecule has 1 unspecified atom stereocenters. The zero-order valence-corrected chi connectivity index (χ0v) is 13.4. The van der Waals surface area contributed by atoms with E-state index in [0.29, 0.717) is 5.69 Å². The van der Waals surface area contributed by atoms with Crippen LogP contribution >= 0.6 is 27.5 Å². The number of anilines is 1. The molecule has 2 aromatic rings. The Morgan fingerprint density at radius 1 is 1.10 bits per heavy atom. The van der Waals surface area contributed by atoms with Crippen molar-refractivity contribution in [2.24, 2.45) is 0 Å². The molecule has 0 aromatic heterocycles. The van der Waals surface area contributed by atoms with Crippen molar-refractivity contribution in [2.75, 3.05) is 5.32 Å². The maximum atomic E-state index is 12.8. The summed E-state index contributed by atoms with van der Waals surface area (Å²) in [5.41, 5.74) is 0.539. The molecule has 6 heteroatoms. The van der Waals surface area contributed by atoms with Crippen LogP contribution in [0.15, 0.2) is 46.9 Å². The van der Waals surface area contributed by atoms with Crippen LogP contribution in [0.25, 0.3) is 0 Å². The highest BCUT2D eigenvalue weighted by atomic mass is 79.9. The van der Waals surface area contributed by atoms with Gasteiger partial charge in [0.1, 0.15) is 0 Å². The van der Waals surface area contributed by atoms with Gasteiger partial charge in [-0.05, 0) is 42.8 Å². The monoisotopic (exact) mass is 377 g/mol. The topological polar surface area (TPSA) is 12.0 Å². The summed E-state index contributed by atoms with van der Waals surface area (Å²) < 4.78 is 39.2. The average molecular weight is 379 g/mol. The molecule has 0 spiro atoms. The fourth-order valence-electron chi connectivity index (χ4n) is 1.92. The van der Waals surface area contributed by atoms with E-state index in [9.17, 15) is 13.2 Å². The Labute approximate surface area is 134 Å². The number of alkyl halides is 3. The van der Waals surface area contributed by atoms with Crippen LogP contribution in [0, 0.1) is 0 Å². The molecule has 0 saturated heterocycles. The van der Waals surface area contributed by atoms with Crippen LogP contribution in [0.5, 0.6) is 0 Å². The second kappa shape index (κ2) is 6.28. The lowest BCUT2D eigenvalue weighted by Gasteiger charge is -2.17. The molecular weight excluding hydrogens is 367 g/mol. The highest BCUT2D eigenvalue weighted by molar-refractivity contribution is 9.10. The third-order valence-corrected chi connectivity index (χ3v) is 3.73. The normalized spacial score (nSPS) is 13.0. The summed E-state index contributed by atoms with van der Waals surface area (Å²) in [5, 5.41) is 3.08. The molecule has 112 valence electrons. The molecule has 0 aliphatic heterocycles. The lowest BCUT2D eigenvalue weighted by atomic mass is 10.1. The minimum Gasteiger partial charge on any atom is -0.378 e. The number of halogens is 5. The Bertz CT molecular complexity index is 626. The van der Waals surface area contributed by atoms with Crippen LogP contribution in [-0.2, 0) is 6.18 Å². The molecule has 2 rings (SSSR count). The second-order valence-electron chi connectivity index (χ2n) is 4.64. The van der Waals surface area contributed by atoms with Crippen LogP contribution in [0.3, 0.4) is 0 Å². The molecule has 1 atom stereocenters. The molecule has 1 N–H and O–H groups in total. The Balaban J connectivity index is 2.23. The summed E-state index contributed by atoms with van der Waals surface area (Å²) in [5.74, 6) is 0. The van der Waals surface area contributed by atoms with E-state index in [1.165, 1.54) is 6.07 Å². The van der Waals surface area contributed by atoms with Crippen molar-refractivity contribution in [3.63, 3.8) is 0 Å². The highest BCUT2D eigenvalue weighted by Gasteiger charge is 2.31. The van der Waals surface area contributed by atoms with Gasteiger partial charge in [-0.3, -0.25) is 0 Å². The summed E-state index contributed by atoms with van der Waals surface area (Å²) in [6.07, 6.45) is -4.41. The zero-order valence-electron chi connectivity index (χ0n) is 11.0. The van der Waals surface area contributed by atoms with Gasteiger partial charge in [-0.25, -0.2) is 0 Å². The Hall–Kier alpha value is -1.20. The zero-order chi connectivity index (χ0) is 15.6. The Kier molecular flexibility index (Phi) is 4.84. The van der Waals surface area contributed by atoms with Crippen molar-refractivity contribution < 1.29 is 13.2 Å². The van der Waals surface area contributed by atoms with Crippen molar-refractivity contribution in [2.45, 2.75) is 19.1 Å². The van der Waals surface area contributed by atoms with Crippen LogP contribution in [0.4, 0.5) is 18.9 Å². The molecule has 1 nitrogen and oxygen atoms in total. The number of hydrogen-bond donors (Lipinski definition) is 1. The predicted molar refractivity (Wildman–Crippen MR) is 82.6 cm³/mol. The summed E-state index contributed by atoms with van der Waals surface area (Å²) in [4.78, 5) is 0. The lowest BCUT2D eigenvalue weighted by Crippen LogP contribution is -2.09. The summed E-state index contributed by atoms with van der Waals surface area (Å²) in [6.45, 7) is 1.87. The van der Waals surface area contributed by atoms with Gasteiger partial charge in [0.15, 0.2) is 0 Å². The second-order valence-corrected chi connectivity index (χ2v) is 6.00. The van der Waals surface area contributed by atoms with Crippen LogP contribution in [0.1, 0.15) is 24.1 Å². The summed E-state index contributed by atoms with van der Waals surface area (Å²) in [7, 11) is 0. The first-order valence-corrected chi connectivity index (χ1v) is 7.32.